The largest absolute Gasteiger partial charge is 0.487 e. The first-order chi connectivity index (χ1) is 16.9. The number of anilines is 2. The molecule has 1 aliphatic rings. The number of nitriles is 1. The smallest absolute Gasteiger partial charge is 0.248 e. The van der Waals surface area contributed by atoms with Crippen molar-refractivity contribution < 1.29 is 14.6 Å². The minimum absolute atomic E-state index is 0.221. The van der Waals surface area contributed by atoms with E-state index in [4.69, 9.17) is 9.84 Å². The van der Waals surface area contributed by atoms with Crippen LogP contribution in [0.3, 0.4) is 0 Å². The number of amides is 1. The molecule has 0 bridgehead atoms. The van der Waals surface area contributed by atoms with Crippen molar-refractivity contribution in [1.29, 1.82) is 5.26 Å². The molecule has 0 spiro atoms. The van der Waals surface area contributed by atoms with Crippen molar-refractivity contribution in [3.63, 3.8) is 0 Å². The molecule has 1 aliphatic heterocycles. The third-order valence-corrected chi connectivity index (χ3v) is 5.66. The average Bonchev–Trinajstić information content (AvgIpc) is 3.32. The molecule has 2 heterocycles. The molecule has 9 heteroatoms. The van der Waals surface area contributed by atoms with Crippen LogP contribution in [0.25, 0.3) is 11.3 Å². The predicted octanol–water partition coefficient (Wildman–Crippen LogP) is 2.79. The highest BCUT2D eigenvalue weighted by atomic mass is 16.5. The van der Waals surface area contributed by atoms with Gasteiger partial charge in [-0.2, -0.15) is 5.26 Å². The van der Waals surface area contributed by atoms with Crippen LogP contribution < -0.4 is 10.1 Å². The minimum Gasteiger partial charge on any atom is -0.487 e. The van der Waals surface area contributed by atoms with Crippen molar-refractivity contribution in [2.45, 2.75) is 19.1 Å². The number of benzene rings is 2. The van der Waals surface area contributed by atoms with Gasteiger partial charge in [0.15, 0.2) is 0 Å². The zero-order valence-electron chi connectivity index (χ0n) is 19.8. The lowest BCUT2D eigenvalue weighted by molar-refractivity contribution is -0.133. The van der Waals surface area contributed by atoms with Crippen LogP contribution in [0.1, 0.15) is 17.5 Å². The lowest BCUT2D eigenvalue weighted by Crippen LogP contribution is -2.32. The molecule has 9 nitrogen and oxygen atoms in total. The molecule has 1 unspecified atom stereocenters. The number of aliphatic hydroxyl groups excluding tert-OH is 1. The molecule has 35 heavy (non-hydrogen) atoms. The van der Waals surface area contributed by atoms with Crippen LogP contribution in [0, 0.1) is 11.3 Å². The molecule has 180 valence electrons. The normalized spacial score (nSPS) is 15.2. The fourth-order valence-electron chi connectivity index (χ4n) is 4.03. The van der Waals surface area contributed by atoms with E-state index in [1.54, 1.807) is 29.3 Å². The molecule has 2 N–H and O–H groups in total. The lowest BCUT2D eigenvalue weighted by Gasteiger charge is -2.17. The third-order valence-electron chi connectivity index (χ3n) is 5.66. The summed E-state index contributed by atoms with van der Waals surface area (Å²) in [6, 6.07) is 17.4. The number of hydrogen-bond donors (Lipinski definition) is 2. The lowest BCUT2D eigenvalue weighted by atomic mass is 10.1. The predicted molar refractivity (Wildman–Crippen MR) is 132 cm³/mol. The zero-order chi connectivity index (χ0) is 24.8. The highest BCUT2D eigenvalue weighted by molar-refractivity contribution is 5.77. The second kappa shape index (κ2) is 11.0. The number of aromatic nitrogens is 2. The number of ether oxygens (including phenoxy) is 1. The number of nitrogens with zero attached hydrogens (tertiary/aromatic N) is 5. The van der Waals surface area contributed by atoms with E-state index in [0.717, 1.165) is 17.8 Å². The van der Waals surface area contributed by atoms with Gasteiger partial charge in [-0.3, -0.25) is 4.79 Å². The maximum atomic E-state index is 11.7. The van der Waals surface area contributed by atoms with Crippen molar-refractivity contribution in [3.05, 3.63) is 65.9 Å². The second-order valence-electron chi connectivity index (χ2n) is 8.68. The van der Waals surface area contributed by atoms with Crippen LogP contribution in [-0.2, 0) is 11.3 Å². The van der Waals surface area contributed by atoms with Gasteiger partial charge < -0.3 is 25.0 Å². The fraction of sp³-hybridized carbons (Fsp3) is 0.308. The maximum Gasteiger partial charge on any atom is 0.248 e. The van der Waals surface area contributed by atoms with E-state index in [0.29, 0.717) is 42.5 Å². The van der Waals surface area contributed by atoms with Gasteiger partial charge in [0.05, 0.1) is 17.8 Å². The summed E-state index contributed by atoms with van der Waals surface area (Å²) in [5.74, 6) is 0.608. The Morgan fingerprint density at radius 2 is 2.14 bits per heavy atom. The van der Waals surface area contributed by atoms with E-state index >= 15 is 0 Å². The van der Waals surface area contributed by atoms with E-state index < -0.39 is 6.61 Å². The van der Waals surface area contributed by atoms with E-state index in [-0.39, 0.29) is 12.0 Å². The fourth-order valence-corrected chi connectivity index (χ4v) is 4.03. The Balaban J connectivity index is 1.48. The molecule has 0 saturated carbocycles. The van der Waals surface area contributed by atoms with Gasteiger partial charge >= 0.3 is 0 Å². The summed E-state index contributed by atoms with van der Waals surface area (Å²) >= 11 is 0. The van der Waals surface area contributed by atoms with Gasteiger partial charge in [-0.25, -0.2) is 9.97 Å². The summed E-state index contributed by atoms with van der Waals surface area (Å²) in [7, 11) is 4.05. The zero-order valence-corrected chi connectivity index (χ0v) is 19.8. The molecule has 1 atom stereocenters. The maximum absolute atomic E-state index is 11.7. The molecule has 1 amide bonds. The van der Waals surface area contributed by atoms with Gasteiger partial charge in [0, 0.05) is 37.0 Å². The Hall–Kier alpha value is -4.00. The molecule has 0 radical (unpaired) electrons. The number of carbonyl (C=O) groups is 1. The number of aliphatic hydroxyl groups is 1. The molecule has 4 rings (SSSR count). The number of hydrogen-bond acceptors (Lipinski definition) is 8. The average molecular weight is 473 g/mol. The monoisotopic (exact) mass is 472 g/mol. The summed E-state index contributed by atoms with van der Waals surface area (Å²) in [5.41, 5.74) is 3.91. The quantitative estimate of drug-likeness (QED) is 0.514. The Kier molecular flexibility index (Phi) is 7.55. The standard InChI is InChI=1S/C26H28N6O3/c1-31(2)15-18-4-3-5-21(12-18)29-26-28-10-8-23(30-26)19-6-7-24(20(13-19)14-27)35-22-9-11-32(16-22)25(34)17-33/h3-8,10,12-13,22,33H,9,11,15-17H2,1-2H3,(H,28,29,30). The number of likely N-dealkylation sites (tertiary alicyclic amines) is 1. The molecule has 2 aromatic carbocycles. The molecule has 1 saturated heterocycles. The van der Waals surface area contributed by atoms with Crippen molar-refractivity contribution >= 4 is 17.5 Å². The van der Waals surface area contributed by atoms with E-state index in [2.05, 4.69) is 38.4 Å². The van der Waals surface area contributed by atoms with Crippen molar-refractivity contribution in [1.82, 2.24) is 19.8 Å². The second-order valence-corrected chi connectivity index (χ2v) is 8.68. The molecule has 3 aromatic rings. The van der Waals surface area contributed by atoms with Gasteiger partial charge in [0.25, 0.3) is 0 Å². The van der Waals surface area contributed by atoms with Crippen LogP contribution in [0.4, 0.5) is 11.6 Å². The molecular weight excluding hydrogens is 444 g/mol. The first-order valence-corrected chi connectivity index (χ1v) is 11.4. The van der Waals surface area contributed by atoms with Crippen LogP contribution in [0.2, 0.25) is 0 Å². The molecular formula is C26H28N6O3. The number of carbonyl (C=O) groups excluding carboxylic acids is 1. The van der Waals surface area contributed by atoms with E-state index in [1.807, 2.05) is 32.3 Å². The summed E-state index contributed by atoms with van der Waals surface area (Å²) in [5, 5.41) is 22.0. The van der Waals surface area contributed by atoms with Gasteiger partial charge in [-0.05, 0) is 56.1 Å². The Morgan fingerprint density at radius 3 is 2.91 bits per heavy atom. The number of nitrogens with one attached hydrogen (secondary N) is 1. The molecule has 1 fully saturated rings. The Morgan fingerprint density at radius 1 is 1.29 bits per heavy atom. The Bertz CT molecular complexity index is 1240. The summed E-state index contributed by atoms with van der Waals surface area (Å²) in [4.78, 5) is 24.3. The van der Waals surface area contributed by atoms with E-state index in [9.17, 15) is 10.1 Å². The van der Waals surface area contributed by atoms with Crippen molar-refractivity contribution in [2.24, 2.45) is 0 Å². The van der Waals surface area contributed by atoms with Crippen molar-refractivity contribution in [2.75, 3.05) is 39.1 Å². The van der Waals surface area contributed by atoms with Gasteiger partial charge in [0.1, 0.15) is 24.5 Å². The SMILES string of the molecule is CN(C)Cc1cccc(Nc2nccc(-c3ccc(OC4CCN(C(=O)CO)C4)c(C#N)c3)n2)c1. The molecule has 1 aromatic heterocycles. The summed E-state index contributed by atoms with van der Waals surface area (Å²) < 4.78 is 6.01. The first kappa shape index (κ1) is 24.1. The van der Waals surface area contributed by atoms with Gasteiger partial charge in [-0.15, -0.1) is 0 Å². The highest BCUT2D eigenvalue weighted by Gasteiger charge is 2.27. The van der Waals surface area contributed by atoms with Crippen LogP contribution >= 0.6 is 0 Å². The van der Waals surface area contributed by atoms with Crippen LogP contribution in [0.15, 0.2) is 54.7 Å². The summed E-state index contributed by atoms with van der Waals surface area (Å²) in [6.07, 6.45) is 2.10. The minimum atomic E-state index is -0.512. The highest BCUT2D eigenvalue weighted by Crippen LogP contribution is 2.28. The van der Waals surface area contributed by atoms with Gasteiger partial charge in [0.2, 0.25) is 11.9 Å². The van der Waals surface area contributed by atoms with Crippen LogP contribution in [0.5, 0.6) is 5.75 Å². The van der Waals surface area contributed by atoms with Gasteiger partial charge in [-0.1, -0.05) is 12.1 Å². The third kappa shape index (κ3) is 6.12. The summed E-state index contributed by atoms with van der Waals surface area (Å²) in [6.45, 7) is 1.24. The molecule has 0 aliphatic carbocycles. The van der Waals surface area contributed by atoms with E-state index in [1.165, 1.54) is 5.56 Å². The number of rotatable bonds is 8. The first-order valence-electron chi connectivity index (χ1n) is 11.4. The van der Waals surface area contributed by atoms with Crippen molar-refractivity contribution in [3.8, 4) is 23.1 Å². The topological polar surface area (TPSA) is 115 Å². The Labute approximate surface area is 204 Å². The van der Waals surface area contributed by atoms with Crippen LogP contribution in [-0.4, -0.2) is 70.7 Å².